The number of benzene rings is 1. The van der Waals surface area contributed by atoms with Gasteiger partial charge in [0.2, 0.25) is 11.0 Å². The predicted octanol–water partition coefficient (Wildman–Crippen LogP) is 2.02. The Morgan fingerprint density at radius 1 is 1.41 bits per heavy atom. The summed E-state index contributed by atoms with van der Waals surface area (Å²) in [6, 6.07) is 7.06. The highest BCUT2D eigenvalue weighted by atomic mass is 32.2. The summed E-state index contributed by atoms with van der Waals surface area (Å²) in [5.74, 6) is 0.130. The van der Waals surface area contributed by atoms with Gasteiger partial charge in [0.15, 0.2) is 15.5 Å². The summed E-state index contributed by atoms with van der Waals surface area (Å²) in [5.41, 5.74) is 1.05. The molecule has 2 aromatic rings. The van der Waals surface area contributed by atoms with Crippen molar-refractivity contribution in [1.29, 1.82) is 0 Å². The zero-order valence-corrected chi connectivity index (χ0v) is 13.1. The van der Waals surface area contributed by atoms with Gasteiger partial charge in [0.1, 0.15) is 0 Å². The summed E-state index contributed by atoms with van der Waals surface area (Å²) >= 11 is 5.05. The Hall–Kier alpha value is -2.00. The molecule has 7 nitrogen and oxygen atoms in total. The van der Waals surface area contributed by atoms with Crippen molar-refractivity contribution in [1.82, 2.24) is 10.3 Å². The lowest BCUT2D eigenvalue weighted by Crippen LogP contribution is -2.33. The first-order valence-corrected chi connectivity index (χ1v) is 8.90. The van der Waals surface area contributed by atoms with E-state index in [1.807, 2.05) is 18.2 Å². The lowest BCUT2D eigenvalue weighted by Gasteiger charge is -2.08. The van der Waals surface area contributed by atoms with Crippen LogP contribution in [0.25, 0.3) is 10.9 Å². The van der Waals surface area contributed by atoms with Crippen molar-refractivity contribution < 1.29 is 13.5 Å². The van der Waals surface area contributed by atoms with Crippen molar-refractivity contribution in [3.05, 3.63) is 24.3 Å². The van der Waals surface area contributed by atoms with E-state index in [9.17, 15) is 13.5 Å². The van der Waals surface area contributed by atoms with Gasteiger partial charge in [-0.2, -0.15) is 0 Å². The molecule has 1 fully saturated rings. The van der Waals surface area contributed by atoms with Gasteiger partial charge in [-0.1, -0.05) is 18.2 Å². The van der Waals surface area contributed by atoms with Crippen molar-refractivity contribution in [3.8, 4) is 5.88 Å². The molecule has 0 saturated carbocycles. The number of rotatable bonds is 2. The fraction of sp³-hybridized carbons (Fsp3) is 0.308. The summed E-state index contributed by atoms with van der Waals surface area (Å²) in [4.78, 5) is 2.79. The second kappa shape index (κ2) is 5.65. The van der Waals surface area contributed by atoms with Gasteiger partial charge in [0.25, 0.3) is 0 Å². The normalized spacial score (nSPS) is 20.6. The standard InChI is InChI=1S/C13H14N4O3S2/c18-12-11(9-3-1-2-4-10(9)15-12)16-17-13(21)14-8-5-6-22(19,20)7-8/h1-4,8,15,18H,5-7H2,(H,14,21)/t8-/m1/s1. The van der Waals surface area contributed by atoms with E-state index in [1.165, 1.54) is 0 Å². The van der Waals surface area contributed by atoms with Crippen LogP contribution in [-0.4, -0.2) is 41.2 Å². The highest BCUT2D eigenvalue weighted by molar-refractivity contribution is 7.91. The predicted molar refractivity (Wildman–Crippen MR) is 87.3 cm³/mol. The van der Waals surface area contributed by atoms with Gasteiger partial charge in [0, 0.05) is 11.4 Å². The number of sulfone groups is 1. The molecule has 1 aliphatic rings. The van der Waals surface area contributed by atoms with Gasteiger partial charge in [-0.05, 0) is 24.7 Å². The maximum Gasteiger partial charge on any atom is 0.218 e. The molecule has 0 aliphatic carbocycles. The average Bonchev–Trinajstić information content (AvgIpc) is 2.95. The minimum Gasteiger partial charge on any atom is -0.493 e. The molecule has 0 radical (unpaired) electrons. The van der Waals surface area contributed by atoms with Crippen LogP contribution >= 0.6 is 12.2 Å². The Bertz CT molecular complexity index is 857. The van der Waals surface area contributed by atoms with Crippen LogP contribution in [0.4, 0.5) is 5.69 Å². The van der Waals surface area contributed by atoms with Crippen LogP contribution in [0.1, 0.15) is 6.42 Å². The van der Waals surface area contributed by atoms with E-state index in [4.69, 9.17) is 12.2 Å². The van der Waals surface area contributed by atoms with Gasteiger partial charge in [-0.15, -0.1) is 10.2 Å². The molecular weight excluding hydrogens is 324 g/mol. The summed E-state index contributed by atoms with van der Waals surface area (Å²) in [7, 11) is -2.97. The van der Waals surface area contributed by atoms with E-state index < -0.39 is 9.84 Å². The number of aromatic nitrogens is 1. The van der Waals surface area contributed by atoms with E-state index in [2.05, 4.69) is 20.5 Å². The average molecular weight is 338 g/mol. The molecule has 1 aromatic carbocycles. The van der Waals surface area contributed by atoms with Crippen LogP contribution in [0.2, 0.25) is 0 Å². The van der Waals surface area contributed by atoms with Crippen LogP contribution in [0.3, 0.4) is 0 Å². The Kier molecular flexibility index (Phi) is 3.83. The van der Waals surface area contributed by atoms with Gasteiger partial charge in [-0.25, -0.2) is 8.42 Å². The topological polar surface area (TPSA) is 107 Å². The van der Waals surface area contributed by atoms with Crippen LogP contribution in [0.5, 0.6) is 5.88 Å². The number of aromatic hydroxyl groups is 1. The Morgan fingerprint density at radius 2 is 2.18 bits per heavy atom. The molecule has 0 bridgehead atoms. The number of aromatic amines is 1. The van der Waals surface area contributed by atoms with E-state index in [1.54, 1.807) is 6.07 Å². The zero-order valence-electron chi connectivity index (χ0n) is 11.5. The zero-order chi connectivity index (χ0) is 15.7. The molecule has 1 aliphatic heterocycles. The number of nitrogens with one attached hydrogen (secondary N) is 2. The van der Waals surface area contributed by atoms with Crippen molar-refractivity contribution in [2.75, 3.05) is 11.5 Å². The van der Waals surface area contributed by atoms with Crippen molar-refractivity contribution in [2.24, 2.45) is 10.2 Å². The summed E-state index contributed by atoms with van der Waals surface area (Å²) < 4.78 is 22.8. The Morgan fingerprint density at radius 3 is 2.91 bits per heavy atom. The number of azo groups is 1. The van der Waals surface area contributed by atoms with E-state index in [0.29, 0.717) is 12.1 Å². The second-order valence-corrected chi connectivity index (χ2v) is 7.73. The molecule has 3 rings (SSSR count). The first-order valence-electron chi connectivity index (χ1n) is 6.67. The van der Waals surface area contributed by atoms with E-state index >= 15 is 0 Å². The van der Waals surface area contributed by atoms with Gasteiger partial charge in [0.05, 0.1) is 17.0 Å². The number of H-pyrrole nitrogens is 1. The smallest absolute Gasteiger partial charge is 0.218 e. The van der Waals surface area contributed by atoms with Crippen molar-refractivity contribution in [2.45, 2.75) is 12.5 Å². The number of fused-ring (bicyclic) bond motifs is 1. The molecule has 0 unspecified atom stereocenters. The maximum atomic E-state index is 11.4. The molecule has 1 saturated heterocycles. The third kappa shape index (κ3) is 3.09. The quantitative estimate of drug-likeness (QED) is 0.574. The minimum absolute atomic E-state index is 0.0565. The molecule has 0 spiro atoms. The first-order chi connectivity index (χ1) is 10.4. The largest absolute Gasteiger partial charge is 0.493 e. The van der Waals surface area contributed by atoms with Gasteiger partial charge < -0.3 is 15.4 Å². The lowest BCUT2D eigenvalue weighted by molar-refractivity contribution is 0.459. The Balaban J connectivity index is 1.73. The highest BCUT2D eigenvalue weighted by Crippen LogP contribution is 2.35. The van der Waals surface area contributed by atoms with E-state index in [-0.39, 0.29) is 28.5 Å². The maximum absolute atomic E-state index is 11.4. The fourth-order valence-corrected chi connectivity index (χ4v) is 4.30. The molecule has 9 heteroatoms. The number of para-hydroxylation sites is 1. The third-order valence-corrected chi connectivity index (χ3v) is 5.43. The molecule has 116 valence electrons. The van der Waals surface area contributed by atoms with Crippen LogP contribution < -0.4 is 5.32 Å². The van der Waals surface area contributed by atoms with E-state index in [0.717, 1.165) is 10.9 Å². The molecule has 1 atom stereocenters. The Labute approximate surface area is 132 Å². The number of hydrogen-bond acceptors (Lipinski definition) is 5. The summed E-state index contributed by atoms with van der Waals surface area (Å²) in [6.45, 7) is 0. The fourth-order valence-electron chi connectivity index (χ4n) is 2.42. The molecule has 22 heavy (non-hydrogen) atoms. The van der Waals surface area contributed by atoms with Crippen LogP contribution in [-0.2, 0) is 9.84 Å². The SMILES string of the molecule is O=S1(=O)CC[C@@H](NC(=S)N=Nc2c(O)[nH]c3ccccc23)C1. The lowest BCUT2D eigenvalue weighted by atomic mass is 10.2. The van der Waals surface area contributed by atoms with Crippen LogP contribution in [0.15, 0.2) is 34.5 Å². The monoisotopic (exact) mass is 338 g/mol. The van der Waals surface area contributed by atoms with Crippen molar-refractivity contribution >= 4 is 43.8 Å². The molecule has 0 amide bonds. The summed E-state index contributed by atoms with van der Waals surface area (Å²) in [6.07, 6.45) is 0.510. The van der Waals surface area contributed by atoms with Crippen molar-refractivity contribution in [3.63, 3.8) is 0 Å². The number of hydrogen-bond donors (Lipinski definition) is 3. The molecule has 3 N–H and O–H groups in total. The highest BCUT2D eigenvalue weighted by Gasteiger charge is 2.28. The van der Waals surface area contributed by atoms with Gasteiger partial charge >= 0.3 is 0 Å². The second-order valence-electron chi connectivity index (χ2n) is 5.12. The third-order valence-electron chi connectivity index (χ3n) is 3.46. The first kappa shape index (κ1) is 14.9. The number of thiocarbonyl (C=S) groups is 1. The number of nitrogens with zero attached hydrogens (tertiary/aromatic N) is 2. The minimum atomic E-state index is -2.97. The van der Waals surface area contributed by atoms with Crippen LogP contribution in [0, 0.1) is 0 Å². The molecule has 1 aromatic heterocycles. The molecule has 2 heterocycles. The van der Waals surface area contributed by atoms with Gasteiger partial charge in [-0.3, -0.25) is 0 Å². The molecular formula is C13H14N4O3S2. The summed E-state index contributed by atoms with van der Waals surface area (Å²) in [5, 5.41) is 21.4.